The molecule has 0 radical (unpaired) electrons. The second-order valence-corrected chi connectivity index (χ2v) is 6.44. The molecule has 3 rings (SSSR count). The summed E-state index contributed by atoms with van der Waals surface area (Å²) in [4.78, 5) is 14.7. The molecule has 2 fully saturated rings. The van der Waals surface area contributed by atoms with Gasteiger partial charge in [0, 0.05) is 37.3 Å². The lowest BCUT2D eigenvalue weighted by Crippen LogP contribution is -2.46. The summed E-state index contributed by atoms with van der Waals surface area (Å²) >= 11 is 0. The average molecular weight is 322 g/mol. The molecule has 0 bridgehead atoms. The summed E-state index contributed by atoms with van der Waals surface area (Å²) in [5.74, 6) is -0.621. The van der Waals surface area contributed by atoms with Gasteiger partial charge < -0.3 is 15.2 Å². The van der Waals surface area contributed by atoms with Crippen molar-refractivity contribution in [1.82, 2.24) is 10.2 Å². The zero-order chi connectivity index (χ0) is 16.4. The topological polar surface area (TPSA) is 61.8 Å². The highest BCUT2D eigenvalue weighted by Gasteiger charge is 2.37. The Morgan fingerprint density at radius 3 is 3.09 bits per heavy atom. The first-order valence-electron chi connectivity index (χ1n) is 8.10. The Bertz CT molecular complexity index is 581. The number of rotatable bonds is 4. The number of aliphatic hydroxyl groups excluding tert-OH is 1. The van der Waals surface area contributed by atoms with E-state index in [9.17, 15) is 9.18 Å². The lowest BCUT2D eigenvalue weighted by atomic mass is 10.1. The first-order valence-corrected chi connectivity index (χ1v) is 8.10. The van der Waals surface area contributed by atoms with E-state index in [4.69, 9.17) is 9.84 Å². The summed E-state index contributed by atoms with van der Waals surface area (Å²) < 4.78 is 19.1. The van der Waals surface area contributed by atoms with Crippen LogP contribution in [0.5, 0.6) is 0 Å². The monoisotopic (exact) mass is 322 g/mol. The molecule has 5 nitrogen and oxygen atoms in total. The molecule has 2 heterocycles. The number of hydrogen-bond donors (Lipinski definition) is 2. The molecule has 1 aromatic rings. The molecule has 0 aliphatic carbocycles. The van der Waals surface area contributed by atoms with Crippen molar-refractivity contribution in [2.24, 2.45) is 0 Å². The Balaban J connectivity index is 1.59. The summed E-state index contributed by atoms with van der Waals surface area (Å²) in [6.07, 6.45) is 1.55. The number of nitrogens with zero attached hydrogens (tertiary/aromatic N) is 1. The van der Waals surface area contributed by atoms with Crippen LogP contribution in [0.15, 0.2) is 18.2 Å². The van der Waals surface area contributed by atoms with Gasteiger partial charge in [-0.25, -0.2) is 4.39 Å². The number of aliphatic hydroxyl groups is 1. The smallest absolute Gasteiger partial charge is 0.251 e. The van der Waals surface area contributed by atoms with E-state index in [0.29, 0.717) is 24.6 Å². The summed E-state index contributed by atoms with van der Waals surface area (Å²) in [5.41, 5.74) is 1.16. The molecule has 2 aliphatic heterocycles. The van der Waals surface area contributed by atoms with Crippen LogP contribution in [0.2, 0.25) is 0 Å². The quantitative estimate of drug-likeness (QED) is 0.871. The van der Waals surface area contributed by atoms with Gasteiger partial charge in [0.2, 0.25) is 0 Å². The Morgan fingerprint density at radius 2 is 2.30 bits per heavy atom. The van der Waals surface area contributed by atoms with E-state index in [2.05, 4.69) is 10.2 Å². The highest BCUT2D eigenvalue weighted by atomic mass is 19.1. The molecule has 23 heavy (non-hydrogen) atoms. The average Bonchev–Trinajstić information content (AvgIpc) is 2.91. The Labute approximate surface area is 135 Å². The summed E-state index contributed by atoms with van der Waals surface area (Å²) in [5, 5.41) is 12.0. The van der Waals surface area contributed by atoms with Crippen LogP contribution < -0.4 is 5.32 Å². The molecule has 1 amide bonds. The number of aryl methyl sites for hydroxylation is 1. The van der Waals surface area contributed by atoms with E-state index >= 15 is 0 Å². The predicted octanol–water partition coefficient (Wildman–Crippen LogP) is 1.09. The molecule has 2 N–H and O–H groups in total. The fraction of sp³-hybridized carbons (Fsp3) is 0.588. The standard InChI is InChI=1S/C17H23FN2O3/c1-11-2-3-12(18)6-16(11)17(22)19-13-7-14-10-23-15(4-5-21)9-20(14)8-13/h2-3,6,13-15,21H,4-5,7-10H2,1H3,(H,19,22)/t13-,14+,15+/m1/s1. The molecule has 1 aromatic carbocycles. The summed E-state index contributed by atoms with van der Waals surface area (Å²) in [6, 6.07) is 4.62. The van der Waals surface area contributed by atoms with Gasteiger partial charge in [0.25, 0.3) is 5.91 Å². The minimum atomic E-state index is -0.398. The molecule has 0 spiro atoms. The Kier molecular flexibility index (Phi) is 4.94. The van der Waals surface area contributed by atoms with Crippen LogP contribution in [0.1, 0.15) is 28.8 Å². The molecule has 0 aromatic heterocycles. The predicted molar refractivity (Wildman–Crippen MR) is 83.8 cm³/mol. The molecule has 2 saturated heterocycles. The number of amides is 1. The highest BCUT2D eigenvalue weighted by molar-refractivity contribution is 5.95. The molecule has 6 heteroatoms. The van der Waals surface area contributed by atoms with Gasteiger partial charge in [0.05, 0.1) is 12.7 Å². The van der Waals surface area contributed by atoms with E-state index in [1.807, 2.05) is 0 Å². The molecule has 0 unspecified atom stereocenters. The van der Waals surface area contributed by atoms with E-state index in [1.165, 1.54) is 12.1 Å². The van der Waals surface area contributed by atoms with Gasteiger partial charge in [-0.1, -0.05) is 6.07 Å². The largest absolute Gasteiger partial charge is 0.396 e. The van der Waals surface area contributed by atoms with Crippen LogP contribution in [-0.2, 0) is 4.74 Å². The van der Waals surface area contributed by atoms with Crippen molar-refractivity contribution in [3.05, 3.63) is 35.1 Å². The van der Waals surface area contributed by atoms with Crippen LogP contribution in [0, 0.1) is 12.7 Å². The van der Waals surface area contributed by atoms with Crippen molar-refractivity contribution < 1.29 is 19.0 Å². The highest BCUT2D eigenvalue weighted by Crippen LogP contribution is 2.24. The van der Waals surface area contributed by atoms with Crippen molar-refractivity contribution >= 4 is 5.91 Å². The van der Waals surface area contributed by atoms with Gasteiger partial charge in [-0.05, 0) is 37.5 Å². The zero-order valence-corrected chi connectivity index (χ0v) is 13.3. The number of halogens is 1. The van der Waals surface area contributed by atoms with Crippen molar-refractivity contribution in [3.63, 3.8) is 0 Å². The number of hydrogen-bond acceptors (Lipinski definition) is 4. The van der Waals surface area contributed by atoms with Gasteiger partial charge in [-0.3, -0.25) is 9.69 Å². The molecule has 126 valence electrons. The van der Waals surface area contributed by atoms with Gasteiger partial charge >= 0.3 is 0 Å². The maximum atomic E-state index is 13.4. The first kappa shape index (κ1) is 16.4. The second kappa shape index (κ2) is 6.95. The first-order chi connectivity index (χ1) is 11.1. The van der Waals surface area contributed by atoms with Crippen LogP contribution >= 0.6 is 0 Å². The number of benzene rings is 1. The van der Waals surface area contributed by atoms with E-state index < -0.39 is 5.82 Å². The van der Waals surface area contributed by atoms with Gasteiger partial charge in [0.15, 0.2) is 0 Å². The minimum Gasteiger partial charge on any atom is -0.396 e. The number of nitrogens with one attached hydrogen (secondary N) is 1. The third-order valence-corrected chi connectivity index (χ3v) is 4.72. The normalized spacial score (nSPS) is 27.7. The minimum absolute atomic E-state index is 0.0478. The van der Waals surface area contributed by atoms with Gasteiger partial charge in [0.1, 0.15) is 5.82 Å². The third-order valence-electron chi connectivity index (χ3n) is 4.72. The molecule has 2 aliphatic rings. The van der Waals surface area contributed by atoms with Crippen LogP contribution in [0.25, 0.3) is 0 Å². The van der Waals surface area contributed by atoms with Gasteiger partial charge in [-0.2, -0.15) is 0 Å². The van der Waals surface area contributed by atoms with Crippen molar-refractivity contribution in [2.75, 3.05) is 26.3 Å². The number of morpholine rings is 1. The maximum Gasteiger partial charge on any atom is 0.251 e. The summed E-state index contributed by atoms with van der Waals surface area (Å²) in [6.45, 7) is 4.13. The molecular weight excluding hydrogens is 299 g/mol. The third kappa shape index (κ3) is 3.71. The second-order valence-electron chi connectivity index (χ2n) is 6.44. The number of carbonyl (C=O) groups is 1. The fourth-order valence-electron chi connectivity index (χ4n) is 3.47. The van der Waals surface area contributed by atoms with E-state index in [1.54, 1.807) is 13.0 Å². The molecular formula is C17H23FN2O3. The van der Waals surface area contributed by atoms with E-state index in [-0.39, 0.29) is 24.7 Å². The number of ether oxygens (including phenoxy) is 1. The van der Waals surface area contributed by atoms with Crippen molar-refractivity contribution in [1.29, 1.82) is 0 Å². The van der Waals surface area contributed by atoms with Gasteiger partial charge in [-0.15, -0.1) is 0 Å². The van der Waals surface area contributed by atoms with Crippen molar-refractivity contribution in [3.8, 4) is 0 Å². The Hall–Kier alpha value is -1.50. The summed E-state index contributed by atoms with van der Waals surface area (Å²) in [7, 11) is 0. The number of fused-ring (bicyclic) bond motifs is 1. The zero-order valence-electron chi connectivity index (χ0n) is 13.3. The molecule has 3 atom stereocenters. The van der Waals surface area contributed by atoms with Crippen LogP contribution in [0.4, 0.5) is 4.39 Å². The van der Waals surface area contributed by atoms with Crippen LogP contribution in [-0.4, -0.2) is 60.4 Å². The van der Waals surface area contributed by atoms with E-state index in [0.717, 1.165) is 25.1 Å². The molecule has 0 saturated carbocycles. The SMILES string of the molecule is Cc1ccc(F)cc1C(=O)N[C@@H]1C[C@H]2CO[C@@H](CCO)CN2C1. The number of carbonyl (C=O) groups excluding carboxylic acids is 1. The fourth-order valence-corrected chi connectivity index (χ4v) is 3.47. The lowest BCUT2D eigenvalue weighted by molar-refractivity contribution is -0.0566. The Morgan fingerprint density at radius 1 is 1.48 bits per heavy atom. The van der Waals surface area contributed by atoms with Crippen LogP contribution in [0.3, 0.4) is 0 Å². The van der Waals surface area contributed by atoms with Crippen molar-refractivity contribution in [2.45, 2.75) is 38.0 Å². The lowest BCUT2D eigenvalue weighted by Gasteiger charge is -2.34. The maximum absolute atomic E-state index is 13.4.